The van der Waals surface area contributed by atoms with Gasteiger partial charge in [0.1, 0.15) is 0 Å². The Morgan fingerprint density at radius 1 is 1.53 bits per heavy atom. The highest BCUT2D eigenvalue weighted by atomic mass is 35.5. The molecule has 0 saturated heterocycles. The van der Waals surface area contributed by atoms with E-state index in [1.54, 1.807) is 11.8 Å². The van der Waals surface area contributed by atoms with Gasteiger partial charge in [-0.3, -0.25) is 0 Å². The number of hydrogen-bond donors (Lipinski definition) is 0. The highest BCUT2D eigenvalue weighted by Crippen LogP contribution is 2.33. The lowest BCUT2D eigenvalue weighted by Crippen LogP contribution is -2.01. The van der Waals surface area contributed by atoms with Crippen molar-refractivity contribution in [1.82, 2.24) is 9.97 Å². The average molecular weight is 239 g/mol. The first-order chi connectivity index (χ1) is 7.22. The molecular formula is C11H11ClN2S. The van der Waals surface area contributed by atoms with Crippen LogP contribution in [0, 0.1) is 0 Å². The molecule has 0 bridgehead atoms. The predicted molar refractivity (Wildman–Crippen MR) is 66.1 cm³/mol. The molecule has 1 aliphatic heterocycles. The summed E-state index contributed by atoms with van der Waals surface area (Å²) in [4.78, 5) is 9.64. The second-order valence-electron chi connectivity index (χ2n) is 3.24. The summed E-state index contributed by atoms with van der Waals surface area (Å²) in [5.41, 5.74) is 3.03. The minimum Gasteiger partial charge on any atom is -0.217 e. The van der Waals surface area contributed by atoms with E-state index in [4.69, 9.17) is 11.6 Å². The maximum absolute atomic E-state index is 5.89. The van der Waals surface area contributed by atoms with E-state index in [0.29, 0.717) is 5.28 Å². The molecule has 0 atom stereocenters. The minimum absolute atomic E-state index is 0.317. The molecule has 2 rings (SSSR count). The smallest absolute Gasteiger partial charge is 0.217 e. The van der Waals surface area contributed by atoms with Gasteiger partial charge >= 0.3 is 0 Å². The molecule has 2 nitrogen and oxygen atoms in total. The van der Waals surface area contributed by atoms with Crippen LogP contribution in [0.4, 0.5) is 0 Å². The molecule has 78 valence electrons. The molecule has 0 amide bonds. The molecule has 1 aromatic heterocycles. The number of fused-ring (bicyclic) bond motifs is 1. The highest BCUT2D eigenvalue weighted by Gasteiger charge is 2.15. The first-order valence-electron chi connectivity index (χ1n) is 4.72. The molecule has 0 fully saturated rings. The zero-order valence-electron chi connectivity index (χ0n) is 8.62. The van der Waals surface area contributed by atoms with Gasteiger partial charge in [0.15, 0.2) is 0 Å². The van der Waals surface area contributed by atoms with Gasteiger partial charge in [-0.25, -0.2) is 9.97 Å². The third-order valence-electron chi connectivity index (χ3n) is 2.27. The van der Waals surface area contributed by atoms with E-state index in [2.05, 4.69) is 16.0 Å². The Balaban J connectivity index is 2.64. The van der Waals surface area contributed by atoms with E-state index in [9.17, 15) is 0 Å². The van der Waals surface area contributed by atoms with Crippen LogP contribution in [-0.4, -0.2) is 15.7 Å². The van der Waals surface area contributed by atoms with E-state index in [1.165, 1.54) is 0 Å². The van der Waals surface area contributed by atoms with E-state index in [1.807, 2.05) is 26.0 Å². The second kappa shape index (κ2) is 4.37. The van der Waals surface area contributed by atoms with Gasteiger partial charge < -0.3 is 0 Å². The summed E-state index contributed by atoms with van der Waals surface area (Å²) >= 11 is 7.65. The van der Waals surface area contributed by atoms with Crippen LogP contribution in [0.15, 0.2) is 17.0 Å². The molecule has 0 N–H and O–H groups in total. The van der Waals surface area contributed by atoms with Crippen molar-refractivity contribution in [2.24, 2.45) is 0 Å². The van der Waals surface area contributed by atoms with Crippen molar-refractivity contribution in [3.05, 3.63) is 28.8 Å². The number of nitrogens with zero attached hydrogens (tertiary/aromatic N) is 2. The first kappa shape index (κ1) is 10.7. The lowest BCUT2D eigenvalue weighted by Gasteiger charge is -2.13. The Labute approximate surface area is 98.5 Å². The number of hydrogen-bond acceptors (Lipinski definition) is 3. The van der Waals surface area contributed by atoms with Crippen molar-refractivity contribution in [3.63, 3.8) is 0 Å². The molecule has 4 heteroatoms. The number of aromatic nitrogens is 2. The second-order valence-corrected chi connectivity index (χ2v) is 4.61. The third kappa shape index (κ3) is 2.08. The Kier molecular flexibility index (Phi) is 3.12. The van der Waals surface area contributed by atoms with Crippen molar-refractivity contribution < 1.29 is 0 Å². The molecule has 0 aromatic carbocycles. The van der Waals surface area contributed by atoms with Crippen LogP contribution in [0.2, 0.25) is 5.28 Å². The molecule has 0 unspecified atom stereocenters. The topological polar surface area (TPSA) is 25.8 Å². The van der Waals surface area contributed by atoms with Crippen molar-refractivity contribution in [1.29, 1.82) is 0 Å². The molecule has 15 heavy (non-hydrogen) atoms. The number of allylic oxidation sites excluding steroid dienone is 2. The van der Waals surface area contributed by atoms with Crippen molar-refractivity contribution in [2.75, 3.05) is 5.75 Å². The largest absolute Gasteiger partial charge is 0.223 e. The fourth-order valence-corrected chi connectivity index (χ4v) is 2.53. The Bertz CT molecular complexity index is 452. The van der Waals surface area contributed by atoms with E-state index >= 15 is 0 Å². The Morgan fingerprint density at radius 2 is 2.33 bits per heavy atom. The van der Waals surface area contributed by atoms with Crippen LogP contribution in [0.25, 0.3) is 11.6 Å². The monoisotopic (exact) mass is 238 g/mol. The van der Waals surface area contributed by atoms with Crippen LogP contribution in [-0.2, 0) is 0 Å². The van der Waals surface area contributed by atoms with Crippen LogP contribution in [0.5, 0.6) is 0 Å². The normalized spacial score (nSPS) is 15.3. The summed E-state index contributed by atoms with van der Waals surface area (Å²) in [6.45, 7) is 4.04. The summed E-state index contributed by atoms with van der Waals surface area (Å²) < 4.78 is 0. The van der Waals surface area contributed by atoms with Crippen molar-refractivity contribution in [2.45, 2.75) is 18.7 Å². The molecule has 2 heterocycles. The van der Waals surface area contributed by atoms with Gasteiger partial charge in [-0.1, -0.05) is 12.2 Å². The molecule has 1 aromatic rings. The van der Waals surface area contributed by atoms with Gasteiger partial charge in [0.05, 0.1) is 16.3 Å². The molecule has 0 spiro atoms. The lowest BCUT2D eigenvalue weighted by atomic mass is 10.1. The predicted octanol–water partition coefficient (Wildman–Crippen LogP) is 3.67. The van der Waals surface area contributed by atoms with E-state index < -0.39 is 0 Å². The standard InChI is InChI=1S/C11H11ClN2S/c1-3-7(2)9-10-8(5-4-6-15-10)13-11(12)14-9/h3-5H,6H2,1-2H3/b7-3+. The molecule has 0 saturated carbocycles. The molecule has 0 radical (unpaired) electrons. The van der Waals surface area contributed by atoms with E-state index in [-0.39, 0.29) is 0 Å². The highest BCUT2D eigenvalue weighted by molar-refractivity contribution is 7.99. The van der Waals surface area contributed by atoms with Gasteiger partial charge in [0, 0.05) is 5.75 Å². The minimum atomic E-state index is 0.317. The maximum atomic E-state index is 5.89. The summed E-state index contributed by atoms with van der Waals surface area (Å²) in [6, 6.07) is 0. The summed E-state index contributed by atoms with van der Waals surface area (Å²) in [7, 11) is 0. The van der Waals surface area contributed by atoms with Crippen LogP contribution in [0.1, 0.15) is 25.2 Å². The lowest BCUT2D eigenvalue weighted by molar-refractivity contribution is 1.05. The van der Waals surface area contributed by atoms with Crippen LogP contribution < -0.4 is 0 Å². The Hall–Kier alpha value is -0.800. The summed E-state index contributed by atoms with van der Waals surface area (Å²) in [5, 5.41) is 0.317. The Morgan fingerprint density at radius 3 is 3.07 bits per heavy atom. The van der Waals surface area contributed by atoms with Gasteiger partial charge in [-0.15, -0.1) is 11.8 Å². The fraction of sp³-hybridized carbons (Fsp3) is 0.273. The number of halogens is 1. The fourth-order valence-electron chi connectivity index (χ4n) is 1.39. The van der Waals surface area contributed by atoms with Gasteiger partial charge in [0.2, 0.25) is 5.28 Å². The van der Waals surface area contributed by atoms with Crippen LogP contribution >= 0.6 is 23.4 Å². The average Bonchev–Trinajstić information content (AvgIpc) is 2.26. The molecular weight excluding hydrogens is 228 g/mol. The molecule has 1 aliphatic rings. The van der Waals surface area contributed by atoms with Crippen LogP contribution in [0.3, 0.4) is 0 Å². The zero-order valence-corrected chi connectivity index (χ0v) is 10.2. The molecule has 0 aliphatic carbocycles. The SMILES string of the molecule is C/C=C(\C)c1nc(Cl)nc2c1SCC=C2. The number of rotatable bonds is 1. The first-order valence-corrected chi connectivity index (χ1v) is 6.09. The quantitative estimate of drug-likeness (QED) is 0.699. The van der Waals surface area contributed by atoms with Gasteiger partial charge in [0.25, 0.3) is 0 Å². The van der Waals surface area contributed by atoms with E-state index in [0.717, 1.165) is 27.6 Å². The maximum Gasteiger partial charge on any atom is 0.223 e. The summed E-state index contributed by atoms with van der Waals surface area (Å²) in [6.07, 6.45) is 6.13. The van der Waals surface area contributed by atoms with Gasteiger partial charge in [-0.05, 0) is 37.1 Å². The van der Waals surface area contributed by atoms with Crippen molar-refractivity contribution >= 4 is 35.0 Å². The third-order valence-corrected chi connectivity index (χ3v) is 3.49. The number of thioether (sulfide) groups is 1. The summed E-state index contributed by atoms with van der Waals surface area (Å²) in [5.74, 6) is 0.974. The van der Waals surface area contributed by atoms with Gasteiger partial charge in [-0.2, -0.15) is 0 Å². The zero-order chi connectivity index (χ0) is 10.8. The van der Waals surface area contributed by atoms with Crippen molar-refractivity contribution in [3.8, 4) is 0 Å².